The Morgan fingerprint density at radius 3 is 2.46 bits per heavy atom. The molecule has 35 heavy (non-hydrogen) atoms. The molecule has 9 heteroatoms. The van der Waals surface area contributed by atoms with E-state index in [0.29, 0.717) is 5.69 Å². The molecular formula is C26H28N2O6S. The molecule has 184 valence electrons. The van der Waals surface area contributed by atoms with E-state index in [1.54, 1.807) is 19.1 Å². The molecule has 1 saturated heterocycles. The molecule has 1 amide bonds. The molecule has 0 saturated carbocycles. The summed E-state index contributed by atoms with van der Waals surface area (Å²) in [5.74, 6) is -1.43. The third kappa shape index (κ3) is 5.22. The fourth-order valence-corrected chi connectivity index (χ4v) is 5.80. The number of hydrogen-bond acceptors (Lipinski definition) is 6. The Balaban J connectivity index is 1.46. The van der Waals surface area contributed by atoms with Crippen molar-refractivity contribution in [3.8, 4) is 0 Å². The van der Waals surface area contributed by atoms with E-state index in [2.05, 4.69) is 5.32 Å². The summed E-state index contributed by atoms with van der Waals surface area (Å²) in [5, 5.41) is 14.8. The predicted octanol–water partition coefficient (Wildman–Crippen LogP) is 3.15. The first kappa shape index (κ1) is 24.8. The number of carbonyl (C=O) groups is 2. The number of amides is 1. The Kier molecular flexibility index (Phi) is 6.93. The number of esters is 1. The number of ether oxygens (including phenoxy) is 1. The minimum atomic E-state index is -4.06. The normalized spacial score (nSPS) is 19.4. The maximum Gasteiger partial charge on any atom is 0.325 e. The van der Waals surface area contributed by atoms with E-state index in [1.165, 1.54) is 19.1 Å². The van der Waals surface area contributed by atoms with Gasteiger partial charge in [-0.05, 0) is 66.9 Å². The van der Waals surface area contributed by atoms with Crippen LogP contribution in [0.5, 0.6) is 0 Å². The van der Waals surface area contributed by atoms with Gasteiger partial charge in [0.1, 0.15) is 6.04 Å². The van der Waals surface area contributed by atoms with Crippen LogP contribution in [0, 0.1) is 13.8 Å². The maximum atomic E-state index is 13.3. The monoisotopic (exact) mass is 496 g/mol. The molecule has 3 aromatic rings. The zero-order chi connectivity index (χ0) is 25.3. The van der Waals surface area contributed by atoms with E-state index in [0.717, 1.165) is 26.2 Å². The van der Waals surface area contributed by atoms with E-state index in [9.17, 15) is 23.1 Å². The molecule has 1 fully saturated rings. The zero-order valence-electron chi connectivity index (χ0n) is 19.8. The quantitative estimate of drug-likeness (QED) is 0.507. The number of aryl methyl sites for hydroxylation is 2. The number of rotatable bonds is 6. The number of benzene rings is 3. The van der Waals surface area contributed by atoms with Gasteiger partial charge in [-0.25, -0.2) is 8.42 Å². The molecule has 3 aromatic carbocycles. The number of fused-ring (bicyclic) bond motifs is 1. The summed E-state index contributed by atoms with van der Waals surface area (Å²) in [5.41, 5.74) is 2.28. The molecular weight excluding hydrogens is 468 g/mol. The molecule has 1 heterocycles. The van der Waals surface area contributed by atoms with Gasteiger partial charge in [0.2, 0.25) is 10.0 Å². The first-order valence-electron chi connectivity index (χ1n) is 11.3. The fraction of sp³-hybridized carbons (Fsp3) is 0.308. The number of nitrogens with zero attached hydrogens (tertiary/aromatic N) is 1. The lowest BCUT2D eigenvalue weighted by Crippen LogP contribution is -2.43. The minimum Gasteiger partial charge on any atom is -0.451 e. The van der Waals surface area contributed by atoms with Crippen molar-refractivity contribution in [2.24, 2.45) is 0 Å². The first-order chi connectivity index (χ1) is 16.6. The highest BCUT2D eigenvalue weighted by molar-refractivity contribution is 7.89. The largest absolute Gasteiger partial charge is 0.451 e. The van der Waals surface area contributed by atoms with Gasteiger partial charge in [-0.2, -0.15) is 4.31 Å². The summed E-state index contributed by atoms with van der Waals surface area (Å²) in [4.78, 5) is 25.6. The van der Waals surface area contributed by atoms with Crippen LogP contribution in [-0.2, 0) is 24.3 Å². The van der Waals surface area contributed by atoms with Gasteiger partial charge < -0.3 is 15.2 Å². The van der Waals surface area contributed by atoms with E-state index in [4.69, 9.17) is 4.74 Å². The molecule has 2 N–H and O–H groups in total. The molecule has 0 aromatic heterocycles. The molecule has 0 spiro atoms. The number of aliphatic hydroxyl groups excluding tert-OH is 1. The third-order valence-corrected chi connectivity index (χ3v) is 8.14. The van der Waals surface area contributed by atoms with Crippen LogP contribution in [-0.4, -0.2) is 54.5 Å². The van der Waals surface area contributed by atoms with Gasteiger partial charge in [-0.3, -0.25) is 9.59 Å². The number of β-amino-alcohol motifs (C(OH)–C–C–N with tert-alkyl or cyclic N) is 1. The lowest BCUT2D eigenvalue weighted by molar-refractivity contribution is -0.156. The lowest BCUT2D eigenvalue weighted by Gasteiger charge is -2.24. The molecule has 0 aliphatic carbocycles. The van der Waals surface area contributed by atoms with Crippen molar-refractivity contribution in [1.82, 2.24) is 4.31 Å². The lowest BCUT2D eigenvalue weighted by atomic mass is 10.1. The first-order valence-corrected chi connectivity index (χ1v) is 12.8. The van der Waals surface area contributed by atoms with Crippen molar-refractivity contribution < 1.29 is 27.9 Å². The van der Waals surface area contributed by atoms with Gasteiger partial charge in [0.25, 0.3) is 5.91 Å². The second-order valence-electron chi connectivity index (χ2n) is 8.86. The van der Waals surface area contributed by atoms with Gasteiger partial charge in [0.15, 0.2) is 6.10 Å². The molecule has 1 aliphatic heterocycles. The highest BCUT2D eigenvalue weighted by atomic mass is 32.2. The average molecular weight is 497 g/mol. The number of aliphatic hydroxyl groups is 1. The Bertz CT molecular complexity index is 1390. The summed E-state index contributed by atoms with van der Waals surface area (Å²) in [6.07, 6.45) is -2.30. The Morgan fingerprint density at radius 1 is 1.03 bits per heavy atom. The molecule has 3 unspecified atom stereocenters. The molecule has 0 radical (unpaired) electrons. The van der Waals surface area contributed by atoms with Crippen LogP contribution in [0.4, 0.5) is 5.69 Å². The third-order valence-electron chi connectivity index (χ3n) is 6.27. The van der Waals surface area contributed by atoms with Gasteiger partial charge in [-0.15, -0.1) is 0 Å². The van der Waals surface area contributed by atoms with E-state index in [-0.39, 0.29) is 17.9 Å². The number of carbonyl (C=O) groups excluding carboxylic acids is 2. The van der Waals surface area contributed by atoms with Crippen molar-refractivity contribution in [2.45, 2.75) is 50.3 Å². The molecule has 4 rings (SSSR count). The van der Waals surface area contributed by atoms with Gasteiger partial charge in [0.05, 0.1) is 11.0 Å². The van der Waals surface area contributed by atoms with Crippen LogP contribution in [0.25, 0.3) is 10.8 Å². The Labute approximate surface area is 204 Å². The predicted molar refractivity (Wildman–Crippen MR) is 132 cm³/mol. The number of nitrogens with one attached hydrogen (secondary N) is 1. The topological polar surface area (TPSA) is 113 Å². The highest BCUT2D eigenvalue weighted by Gasteiger charge is 2.45. The summed E-state index contributed by atoms with van der Waals surface area (Å²) in [7, 11) is -4.06. The van der Waals surface area contributed by atoms with E-state index in [1.807, 2.05) is 43.3 Å². The maximum absolute atomic E-state index is 13.3. The van der Waals surface area contributed by atoms with E-state index < -0.39 is 40.1 Å². The van der Waals surface area contributed by atoms with Crippen molar-refractivity contribution in [1.29, 1.82) is 0 Å². The SMILES string of the molecule is Cc1ccc(S(=O)(=O)N2CC(O)CC2C(=O)OC(C)C(=O)Nc2ccc3ccccc3c2)cc1C. The fourth-order valence-electron chi connectivity index (χ4n) is 4.09. The van der Waals surface area contributed by atoms with Crippen LogP contribution >= 0.6 is 0 Å². The highest BCUT2D eigenvalue weighted by Crippen LogP contribution is 2.28. The molecule has 8 nitrogen and oxygen atoms in total. The van der Waals surface area contributed by atoms with Crippen molar-refractivity contribution in [2.75, 3.05) is 11.9 Å². The van der Waals surface area contributed by atoms with Gasteiger partial charge >= 0.3 is 5.97 Å². The molecule has 0 bridgehead atoms. The van der Waals surface area contributed by atoms with Gasteiger partial charge in [-0.1, -0.05) is 36.4 Å². The Morgan fingerprint density at radius 2 is 1.74 bits per heavy atom. The summed E-state index contributed by atoms with van der Waals surface area (Å²) in [6, 6.07) is 16.6. The smallest absolute Gasteiger partial charge is 0.325 e. The van der Waals surface area contributed by atoms with Crippen molar-refractivity contribution >= 4 is 38.4 Å². The van der Waals surface area contributed by atoms with E-state index >= 15 is 0 Å². The number of hydrogen-bond donors (Lipinski definition) is 2. The number of sulfonamides is 1. The van der Waals surface area contributed by atoms with Crippen LogP contribution in [0.1, 0.15) is 24.5 Å². The summed E-state index contributed by atoms with van der Waals surface area (Å²) >= 11 is 0. The molecule has 1 aliphatic rings. The minimum absolute atomic E-state index is 0.0367. The average Bonchev–Trinajstić information content (AvgIpc) is 3.23. The summed E-state index contributed by atoms with van der Waals surface area (Å²) < 4.78 is 32.8. The zero-order valence-corrected chi connectivity index (χ0v) is 20.6. The second kappa shape index (κ2) is 9.77. The second-order valence-corrected chi connectivity index (χ2v) is 10.7. The molecule has 3 atom stereocenters. The summed E-state index contributed by atoms with van der Waals surface area (Å²) in [6.45, 7) is 4.86. The standard InChI is InChI=1S/C26H28N2O6S/c1-16-8-11-23(12-17(16)2)35(32,33)28-15-22(29)14-24(28)26(31)34-18(3)25(30)27-21-10-9-19-6-4-5-7-20(19)13-21/h4-13,18,22,24,29H,14-15H2,1-3H3,(H,27,30). The van der Waals surface area contributed by atoms with Crippen LogP contribution < -0.4 is 5.32 Å². The van der Waals surface area contributed by atoms with Crippen molar-refractivity contribution in [3.63, 3.8) is 0 Å². The van der Waals surface area contributed by atoms with Crippen LogP contribution in [0.15, 0.2) is 65.6 Å². The van der Waals surface area contributed by atoms with Crippen LogP contribution in [0.3, 0.4) is 0 Å². The van der Waals surface area contributed by atoms with Gasteiger partial charge in [0, 0.05) is 18.7 Å². The number of anilines is 1. The van der Waals surface area contributed by atoms with Crippen LogP contribution in [0.2, 0.25) is 0 Å². The Hall–Kier alpha value is -3.27. The van der Waals surface area contributed by atoms with Crippen molar-refractivity contribution in [3.05, 3.63) is 71.8 Å².